The third-order valence-corrected chi connectivity index (χ3v) is 4.11. The summed E-state index contributed by atoms with van der Waals surface area (Å²) in [4.78, 5) is 0. The fraction of sp³-hybridized carbons (Fsp3) is 0.600. The lowest BCUT2D eigenvalue weighted by molar-refractivity contribution is -0.00558. The summed E-state index contributed by atoms with van der Waals surface area (Å²) in [6, 6.07) is 4.32. The van der Waals surface area contributed by atoms with E-state index in [1.165, 1.54) is 12.1 Å². The fourth-order valence-electron chi connectivity index (χ4n) is 2.63. The minimum Gasteiger partial charge on any atom is -0.423 e. The van der Waals surface area contributed by atoms with E-state index in [9.17, 15) is 4.39 Å². The van der Waals surface area contributed by atoms with Gasteiger partial charge in [-0.2, -0.15) is 0 Å². The molecular weight excluding hydrogens is 258 g/mol. The van der Waals surface area contributed by atoms with E-state index in [0.29, 0.717) is 12.0 Å². The van der Waals surface area contributed by atoms with Crippen molar-refractivity contribution in [2.45, 2.75) is 52.2 Å². The number of rotatable bonds is 4. The SMILES string of the molecule is CC1(C)CCC(OCc2ccc(F)c(B(O)O)c2)CC1. The summed E-state index contributed by atoms with van der Waals surface area (Å²) in [6.45, 7) is 4.93. The Bertz CT molecular complexity index is 452. The van der Waals surface area contributed by atoms with Crippen molar-refractivity contribution >= 4 is 12.6 Å². The van der Waals surface area contributed by atoms with Gasteiger partial charge in [0.15, 0.2) is 0 Å². The Kier molecular flexibility index (Phi) is 4.84. The van der Waals surface area contributed by atoms with Crippen LogP contribution in [0, 0.1) is 11.2 Å². The van der Waals surface area contributed by atoms with Crippen LogP contribution < -0.4 is 5.46 Å². The van der Waals surface area contributed by atoms with E-state index in [-0.39, 0.29) is 11.6 Å². The van der Waals surface area contributed by atoms with Crippen LogP contribution in [-0.2, 0) is 11.3 Å². The lowest BCUT2D eigenvalue weighted by Crippen LogP contribution is -2.33. The van der Waals surface area contributed by atoms with Gasteiger partial charge in [-0.1, -0.05) is 26.0 Å². The molecule has 0 radical (unpaired) electrons. The summed E-state index contributed by atoms with van der Waals surface area (Å²) in [5, 5.41) is 18.2. The third-order valence-electron chi connectivity index (χ3n) is 4.11. The first kappa shape index (κ1) is 15.5. The van der Waals surface area contributed by atoms with E-state index in [1.54, 1.807) is 6.07 Å². The first-order valence-corrected chi connectivity index (χ1v) is 7.13. The second kappa shape index (κ2) is 6.25. The molecule has 0 aromatic heterocycles. The number of hydrogen-bond acceptors (Lipinski definition) is 3. The molecule has 0 bridgehead atoms. The fourth-order valence-corrected chi connectivity index (χ4v) is 2.63. The average Bonchev–Trinajstić information content (AvgIpc) is 2.38. The van der Waals surface area contributed by atoms with Gasteiger partial charge >= 0.3 is 7.12 Å². The molecule has 20 heavy (non-hydrogen) atoms. The molecule has 110 valence electrons. The Morgan fingerprint density at radius 3 is 2.55 bits per heavy atom. The molecule has 1 saturated carbocycles. The van der Waals surface area contributed by atoms with Crippen molar-refractivity contribution in [3.05, 3.63) is 29.6 Å². The Morgan fingerprint density at radius 2 is 1.95 bits per heavy atom. The molecule has 5 heteroatoms. The number of halogens is 1. The van der Waals surface area contributed by atoms with E-state index in [2.05, 4.69) is 13.8 Å². The molecule has 0 spiro atoms. The van der Waals surface area contributed by atoms with Crippen LogP contribution in [0.15, 0.2) is 18.2 Å². The minimum atomic E-state index is -1.79. The predicted octanol–water partition coefficient (Wildman–Crippen LogP) is 1.99. The first-order valence-electron chi connectivity index (χ1n) is 7.13. The normalized spacial score (nSPS) is 19.1. The largest absolute Gasteiger partial charge is 0.491 e. The van der Waals surface area contributed by atoms with Crippen LogP contribution in [0.25, 0.3) is 0 Å². The molecule has 1 aliphatic rings. The molecule has 0 saturated heterocycles. The van der Waals surface area contributed by atoms with Gasteiger partial charge in [-0.25, -0.2) is 4.39 Å². The standard InChI is InChI=1S/C15H22BFO3/c1-15(2)7-5-12(6-8-15)20-10-11-3-4-14(17)13(9-11)16(18)19/h3-4,9,12,18-19H,5-8,10H2,1-2H3. The van der Waals surface area contributed by atoms with Gasteiger partial charge in [0.25, 0.3) is 0 Å². The van der Waals surface area contributed by atoms with Gasteiger partial charge in [-0.15, -0.1) is 0 Å². The van der Waals surface area contributed by atoms with Crippen molar-refractivity contribution in [1.29, 1.82) is 0 Å². The zero-order valence-electron chi connectivity index (χ0n) is 12.1. The maximum Gasteiger partial charge on any atom is 0.491 e. The van der Waals surface area contributed by atoms with Crippen molar-refractivity contribution in [2.24, 2.45) is 5.41 Å². The smallest absolute Gasteiger partial charge is 0.423 e. The Hall–Kier alpha value is -0.905. The Morgan fingerprint density at radius 1 is 1.30 bits per heavy atom. The highest BCUT2D eigenvalue weighted by Crippen LogP contribution is 2.36. The van der Waals surface area contributed by atoms with Crippen LogP contribution in [0.3, 0.4) is 0 Å². The van der Waals surface area contributed by atoms with Crippen LogP contribution in [0.4, 0.5) is 4.39 Å². The summed E-state index contributed by atoms with van der Waals surface area (Å²) < 4.78 is 19.2. The van der Waals surface area contributed by atoms with E-state index >= 15 is 0 Å². The Labute approximate surface area is 119 Å². The van der Waals surface area contributed by atoms with Gasteiger partial charge in [0, 0.05) is 5.46 Å². The summed E-state index contributed by atoms with van der Waals surface area (Å²) in [7, 11) is -1.79. The molecule has 0 atom stereocenters. The molecule has 2 N–H and O–H groups in total. The summed E-state index contributed by atoms with van der Waals surface area (Å²) in [6.07, 6.45) is 4.65. The monoisotopic (exact) mass is 280 g/mol. The lowest BCUT2D eigenvalue weighted by Gasteiger charge is -2.34. The Balaban J connectivity index is 1.90. The van der Waals surface area contributed by atoms with Crippen LogP contribution >= 0.6 is 0 Å². The van der Waals surface area contributed by atoms with Gasteiger partial charge in [0.05, 0.1) is 12.7 Å². The van der Waals surface area contributed by atoms with E-state index in [0.717, 1.165) is 31.2 Å². The first-order chi connectivity index (χ1) is 9.37. The molecule has 1 aromatic rings. The van der Waals surface area contributed by atoms with Crippen LogP contribution in [0.2, 0.25) is 0 Å². The van der Waals surface area contributed by atoms with Crippen LogP contribution in [0.1, 0.15) is 45.1 Å². The summed E-state index contributed by atoms with van der Waals surface area (Å²) in [5.41, 5.74) is 1.07. The van der Waals surface area contributed by atoms with Crippen molar-refractivity contribution in [3.63, 3.8) is 0 Å². The number of hydrogen-bond donors (Lipinski definition) is 2. The molecule has 1 aliphatic carbocycles. The van der Waals surface area contributed by atoms with Crippen molar-refractivity contribution in [2.75, 3.05) is 0 Å². The summed E-state index contributed by atoms with van der Waals surface area (Å²) >= 11 is 0. The zero-order valence-corrected chi connectivity index (χ0v) is 12.1. The van der Waals surface area contributed by atoms with Gasteiger partial charge in [0.1, 0.15) is 5.82 Å². The maximum absolute atomic E-state index is 13.3. The van der Waals surface area contributed by atoms with Crippen LogP contribution in [-0.4, -0.2) is 23.3 Å². The van der Waals surface area contributed by atoms with Gasteiger partial charge in [-0.3, -0.25) is 0 Å². The molecule has 1 aromatic carbocycles. The van der Waals surface area contributed by atoms with Gasteiger partial charge in [-0.05, 0) is 42.7 Å². The van der Waals surface area contributed by atoms with Crippen molar-refractivity contribution in [3.8, 4) is 0 Å². The third kappa shape index (κ3) is 4.04. The molecule has 2 rings (SSSR count). The zero-order chi connectivity index (χ0) is 14.8. The molecule has 0 aliphatic heterocycles. The highest BCUT2D eigenvalue weighted by atomic mass is 19.1. The average molecular weight is 280 g/mol. The quantitative estimate of drug-likeness (QED) is 0.829. The van der Waals surface area contributed by atoms with Gasteiger partial charge in [0.2, 0.25) is 0 Å². The van der Waals surface area contributed by atoms with Crippen LogP contribution in [0.5, 0.6) is 0 Å². The van der Waals surface area contributed by atoms with E-state index in [1.807, 2.05) is 0 Å². The molecule has 0 unspecified atom stereocenters. The molecule has 0 heterocycles. The molecule has 1 fully saturated rings. The topological polar surface area (TPSA) is 49.7 Å². The molecule has 0 amide bonds. The number of ether oxygens (including phenoxy) is 1. The molecular formula is C15H22BFO3. The highest BCUT2D eigenvalue weighted by molar-refractivity contribution is 6.58. The van der Waals surface area contributed by atoms with Gasteiger partial charge < -0.3 is 14.8 Å². The number of benzene rings is 1. The van der Waals surface area contributed by atoms with Crippen molar-refractivity contribution < 1.29 is 19.2 Å². The molecule has 3 nitrogen and oxygen atoms in total. The lowest BCUT2D eigenvalue weighted by atomic mass is 9.76. The van der Waals surface area contributed by atoms with Crippen molar-refractivity contribution in [1.82, 2.24) is 0 Å². The summed E-state index contributed by atoms with van der Waals surface area (Å²) in [5.74, 6) is -0.608. The second-order valence-electron chi connectivity index (χ2n) is 6.40. The minimum absolute atomic E-state index is 0.101. The second-order valence-corrected chi connectivity index (χ2v) is 6.40. The highest BCUT2D eigenvalue weighted by Gasteiger charge is 2.27. The maximum atomic E-state index is 13.3. The predicted molar refractivity (Wildman–Crippen MR) is 77.1 cm³/mol. The van der Waals surface area contributed by atoms with E-state index in [4.69, 9.17) is 14.8 Å². The van der Waals surface area contributed by atoms with E-state index < -0.39 is 12.9 Å².